The van der Waals surface area contributed by atoms with Gasteiger partial charge in [0.05, 0.1) is 23.0 Å². The summed E-state index contributed by atoms with van der Waals surface area (Å²) in [6.45, 7) is 7.61. The highest BCUT2D eigenvalue weighted by atomic mass is 16.5. The second-order valence-corrected chi connectivity index (χ2v) is 9.34. The molecule has 0 spiro atoms. The molecule has 0 aliphatic carbocycles. The van der Waals surface area contributed by atoms with E-state index in [1.165, 1.54) is 0 Å². The van der Waals surface area contributed by atoms with Gasteiger partial charge in [-0.3, -0.25) is 4.98 Å². The number of aromatic nitrogens is 2. The molecule has 0 saturated carbocycles. The van der Waals surface area contributed by atoms with E-state index in [1.54, 1.807) is 13.1 Å². The van der Waals surface area contributed by atoms with E-state index in [0.29, 0.717) is 5.69 Å². The minimum absolute atomic E-state index is 0.183. The highest BCUT2D eigenvalue weighted by molar-refractivity contribution is 5.92. The Morgan fingerprint density at radius 2 is 1.74 bits per heavy atom. The maximum absolute atomic E-state index is 12.0. The highest BCUT2D eigenvalue weighted by Gasteiger charge is 2.17. The minimum atomic E-state index is -0.699. The Bertz CT molecular complexity index is 1290. The molecule has 4 aromatic rings. The molecule has 0 saturated heterocycles. The van der Waals surface area contributed by atoms with Gasteiger partial charge in [0, 0.05) is 28.2 Å². The zero-order valence-electron chi connectivity index (χ0n) is 19.9. The standard InChI is InChI=1S/C28H29N3O3/c1-18(32)25-23-16-22(20-8-6-5-7-9-20)26(30-24(23)14-15-29-25)21-12-10-19(11-13-21)17-34-27(33)31-28(2,3)4/h5-16,18,32H,17H2,1-4H3,(H,31,33). The molecular weight excluding hydrogens is 426 g/mol. The summed E-state index contributed by atoms with van der Waals surface area (Å²) in [5, 5.41) is 13.8. The predicted octanol–water partition coefficient (Wildman–Crippen LogP) is 6.04. The van der Waals surface area contributed by atoms with Crippen molar-refractivity contribution in [3.63, 3.8) is 0 Å². The van der Waals surface area contributed by atoms with Crippen molar-refractivity contribution in [2.45, 2.75) is 45.9 Å². The van der Waals surface area contributed by atoms with Gasteiger partial charge in [-0.15, -0.1) is 0 Å². The van der Waals surface area contributed by atoms with Crippen LogP contribution in [-0.2, 0) is 11.3 Å². The number of ether oxygens (including phenoxy) is 1. The Kier molecular flexibility index (Phi) is 6.61. The number of benzene rings is 2. The zero-order chi connectivity index (χ0) is 24.3. The van der Waals surface area contributed by atoms with Gasteiger partial charge in [0.1, 0.15) is 6.61 Å². The number of aliphatic hydroxyl groups is 1. The van der Waals surface area contributed by atoms with Crippen LogP contribution in [0.4, 0.5) is 4.79 Å². The Morgan fingerprint density at radius 1 is 1.03 bits per heavy atom. The number of hydrogen-bond donors (Lipinski definition) is 2. The van der Waals surface area contributed by atoms with E-state index in [1.807, 2.05) is 81.4 Å². The van der Waals surface area contributed by atoms with Crippen molar-refractivity contribution < 1.29 is 14.6 Å². The smallest absolute Gasteiger partial charge is 0.407 e. The summed E-state index contributed by atoms with van der Waals surface area (Å²) in [5.41, 5.74) is 5.67. The molecule has 1 unspecified atom stereocenters. The van der Waals surface area contributed by atoms with Gasteiger partial charge in [-0.25, -0.2) is 9.78 Å². The fourth-order valence-corrected chi connectivity index (χ4v) is 3.76. The first-order valence-corrected chi connectivity index (χ1v) is 11.3. The summed E-state index contributed by atoms with van der Waals surface area (Å²) >= 11 is 0. The van der Waals surface area contributed by atoms with Crippen molar-refractivity contribution in [2.75, 3.05) is 0 Å². The number of carbonyl (C=O) groups excluding carboxylic acids is 1. The molecule has 2 aromatic heterocycles. The van der Waals surface area contributed by atoms with Crippen LogP contribution in [0.15, 0.2) is 72.9 Å². The number of pyridine rings is 2. The van der Waals surface area contributed by atoms with Crippen LogP contribution in [0.3, 0.4) is 0 Å². The SMILES string of the molecule is CC(O)c1nccc2nc(-c3ccc(COC(=O)NC(C)(C)C)cc3)c(-c3ccccc3)cc12. The monoisotopic (exact) mass is 455 g/mol. The number of hydrogen-bond acceptors (Lipinski definition) is 5. The third kappa shape index (κ3) is 5.41. The molecule has 1 atom stereocenters. The Hall–Kier alpha value is -3.77. The van der Waals surface area contributed by atoms with Gasteiger partial charge in [-0.05, 0) is 51.0 Å². The van der Waals surface area contributed by atoms with E-state index >= 15 is 0 Å². The molecule has 2 heterocycles. The van der Waals surface area contributed by atoms with Crippen molar-refractivity contribution in [3.05, 3.63) is 84.2 Å². The van der Waals surface area contributed by atoms with E-state index in [0.717, 1.165) is 38.9 Å². The largest absolute Gasteiger partial charge is 0.445 e. The molecule has 2 N–H and O–H groups in total. The summed E-state index contributed by atoms with van der Waals surface area (Å²) in [6.07, 6.45) is 0.531. The molecule has 0 radical (unpaired) electrons. The lowest BCUT2D eigenvalue weighted by atomic mass is 9.96. The topological polar surface area (TPSA) is 84.3 Å². The summed E-state index contributed by atoms with van der Waals surface area (Å²) < 4.78 is 5.34. The molecule has 0 fully saturated rings. The molecule has 6 nitrogen and oxygen atoms in total. The van der Waals surface area contributed by atoms with Crippen LogP contribution in [0, 0.1) is 0 Å². The summed E-state index contributed by atoms with van der Waals surface area (Å²) in [4.78, 5) is 21.3. The van der Waals surface area contributed by atoms with Crippen molar-refractivity contribution in [1.82, 2.24) is 15.3 Å². The number of amides is 1. The van der Waals surface area contributed by atoms with Crippen LogP contribution in [0.2, 0.25) is 0 Å². The predicted molar refractivity (Wildman–Crippen MR) is 134 cm³/mol. The quantitative estimate of drug-likeness (QED) is 0.383. The number of alkyl carbamates (subject to hydrolysis) is 1. The van der Waals surface area contributed by atoms with Crippen LogP contribution in [-0.4, -0.2) is 26.7 Å². The Balaban J connectivity index is 1.70. The molecule has 174 valence electrons. The second kappa shape index (κ2) is 9.61. The van der Waals surface area contributed by atoms with Gasteiger partial charge >= 0.3 is 6.09 Å². The first kappa shape index (κ1) is 23.4. The fourth-order valence-electron chi connectivity index (χ4n) is 3.76. The number of nitrogens with one attached hydrogen (secondary N) is 1. The molecule has 4 rings (SSSR count). The summed E-state index contributed by atoms with van der Waals surface area (Å²) in [5.74, 6) is 0. The van der Waals surface area contributed by atoms with E-state index in [-0.39, 0.29) is 12.1 Å². The van der Waals surface area contributed by atoms with Crippen molar-refractivity contribution in [1.29, 1.82) is 0 Å². The van der Waals surface area contributed by atoms with Crippen molar-refractivity contribution in [2.24, 2.45) is 0 Å². The normalized spacial score (nSPS) is 12.4. The van der Waals surface area contributed by atoms with Gasteiger partial charge in [0.15, 0.2) is 0 Å². The Labute approximate surface area is 199 Å². The maximum atomic E-state index is 12.0. The summed E-state index contributed by atoms with van der Waals surface area (Å²) in [6, 6.07) is 21.8. The molecule has 6 heteroatoms. The van der Waals surface area contributed by atoms with Crippen LogP contribution < -0.4 is 5.32 Å². The van der Waals surface area contributed by atoms with Crippen LogP contribution >= 0.6 is 0 Å². The van der Waals surface area contributed by atoms with Gasteiger partial charge in [-0.2, -0.15) is 0 Å². The number of aliphatic hydroxyl groups excluding tert-OH is 1. The third-order valence-corrected chi connectivity index (χ3v) is 5.33. The van der Waals surface area contributed by atoms with Crippen LogP contribution in [0.1, 0.15) is 45.1 Å². The fraction of sp³-hybridized carbons (Fsp3) is 0.250. The highest BCUT2D eigenvalue weighted by Crippen LogP contribution is 2.35. The van der Waals surface area contributed by atoms with E-state index in [4.69, 9.17) is 9.72 Å². The lowest BCUT2D eigenvalue weighted by molar-refractivity contribution is 0.131. The number of rotatable bonds is 5. The lowest BCUT2D eigenvalue weighted by Gasteiger charge is -2.20. The van der Waals surface area contributed by atoms with E-state index in [9.17, 15) is 9.90 Å². The van der Waals surface area contributed by atoms with Gasteiger partial charge in [-0.1, -0.05) is 54.6 Å². The zero-order valence-corrected chi connectivity index (χ0v) is 19.9. The average molecular weight is 456 g/mol. The minimum Gasteiger partial charge on any atom is -0.445 e. The molecule has 0 aliphatic heterocycles. The number of fused-ring (bicyclic) bond motifs is 1. The van der Waals surface area contributed by atoms with Crippen LogP contribution in [0.25, 0.3) is 33.3 Å². The first-order chi connectivity index (χ1) is 16.2. The Morgan fingerprint density at radius 3 is 2.38 bits per heavy atom. The number of nitrogens with zero attached hydrogens (tertiary/aromatic N) is 2. The lowest BCUT2D eigenvalue weighted by Crippen LogP contribution is -2.40. The molecule has 0 bridgehead atoms. The maximum Gasteiger partial charge on any atom is 0.407 e. The van der Waals surface area contributed by atoms with Crippen molar-refractivity contribution in [3.8, 4) is 22.4 Å². The summed E-state index contributed by atoms with van der Waals surface area (Å²) in [7, 11) is 0. The van der Waals surface area contributed by atoms with Crippen LogP contribution in [0.5, 0.6) is 0 Å². The molecule has 2 aromatic carbocycles. The van der Waals surface area contributed by atoms with E-state index < -0.39 is 12.2 Å². The first-order valence-electron chi connectivity index (χ1n) is 11.3. The van der Waals surface area contributed by atoms with Gasteiger partial charge in [0.25, 0.3) is 0 Å². The molecule has 0 aliphatic rings. The molecule has 34 heavy (non-hydrogen) atoms. The van der Waals surface area contributed by atoms with Gasteiger partial charge < -0.3 is 15.2 Å². The molecule has 1 amide bonds. The average Bonchev–Trinajstić information content (AvgIpc) is 2.81. The van der Waals surface area contributed by atoms with Gasteiger partial charge in [0.2, 0.25) is 0 Å². The number of carbonyl (C=O) groups is 1. The molecular formula is C28H29N3O3. The van der Waals surface area contributed by atoms with E-state index in [2.05, 4.69) is 16.4 Å². The van der Waals surface area contributed by atoms with Crippen molar-refractivity contribution >= 4 is 17.0 Å². The second-order valence-electron chi connectivity index (χ2n) is 9.34. The third-order valence-electron chi connectivity index (χ3n) is 5.33.